The van der Waals surface area contributed by atoms with Gasteiger partial charge in [-0.25, -0.2) is 4.98 Å². The number of nitrogens with one attached hydrogen (secondary N) is 1. The van der Waals surface area contributed by atoms with Gasteiger partial charge in [0.2, 0.25) is 5.95 Å². The number of hydrogen-bond acceptors (Lipinski definition) is 3. The molecular formula is C12H14N4. The standard InChI is InChI=1S/C12H14N4/c1-2-11(1)15-12-14-7-8-16(12)9-10-3-5-13-6-4-10/h3-8,11H,1-2,9H2,(H,14,15). The summed E-state index contributed by atoms with van der Waals surface area (Å²) in [5, 5.41) is 3.42. The van der Waals surface area contributed by atoms with E-state index in [0.717, 1.165) is 12.5 Å². The fraction of sp³-hybridized carbons (Fsp3) is 0.333. The van der Waals surface area contributed by atoms with Crippen molar-refractivity contribution in [3.8, 4) is 0 Å². The molecular weight excluding hydrogens is 200 g/mol. The van der Waals surface area contributed by atoms with E-state index in [1.54, 1.807) is 0 Å². The average Bonchev–Trinajstić information content (AvgIpc) is 3.02. The van der Waals surface area contributed by atoms with Gasteiger partial charge in [0.25, 0.3) is 0 Å². The molecule has 0 radical (unpaired) electrons. The van der Waals surface area contributed by atoms with Crippen molar-refractivity contribution in [2.45, 2.75) is 25.4 Å². The van der Waals surface area contributed by atoms with Crippen LogP contribution in [0.1, 0.15) is 18.4 Å². The molecule has 0 saturated heterocycles. The van der Waals surface area contributed by atoms with Crippen molar-refractivity contribution in [2.75, 3.05) is 5.32 Å². The molecule has 0 aliphatic heterocycles. The van der Waals surface area contributed by atoms with E-state index >= 15 is 0 Å². The molecule has 1 aliphatic carbocycles. The molecule has 0 amide bonds. The van der Waals surface area contributed by atoms with Crippen molar-refractivity contribution in [3.63, 3.8) is 0 Å². The number of hydrogen-bond donors (Lipinski definition) is 1. The van der Waals surface area contributed by atoms with Gasteiger partial charge in [0.05, 0.1) is 6.54 Å². The molecule has 1 fully saturated rings. The van der Waals surface area contributed by atoms with Crippen LogP contribution in [0.25, 0.3) is 0 Å². The maximum Gasteiger partial charge on any atom is 0.203 e. The highest BCUT2D eigenvalue weighted by molar-refractivity contribution is 5.31. The first-order valence-corrected chi connectivity index (χ1v) is 5.58. The van der Waals surface area contributed by atoms with Crippen LogP contribution in [-0.2, 0) is 6.54 Å². The lowest BCUT2D eigenvalue weighted by molar-refractivity contribution is 0.795. The van der Waals surface area contributed by atoms with E-state index < -0.39 is 0 Å². The molecule has 4 nitrogen and oxygen atoms in total. The fourth-order valence-electron chi connectivity index (χ4n) is 1.67. The van der Waals surface area contributed by atoms with Crippen LogP contribution in [0.3, 0.4) is 0 Å². The Kier molecular flexibility index (Phi) is 2.33. The van der Waals surface area contributed by atoms with Gasteiger partial charge in [0.1, 0.15) is 0 Å². The highest BCUT2D eigenvalue weighted by Crippen LogP contribution is 2.23. The third-order valence-electron chi connectivity index (χ3n) is 2.73. The average molecular weight is 214 g/mol. The summed E-state index contributed by atoms with van der Waals surface area (Å²) in [6, 6.07) is 4.69. The van der Waals surface area contributed by atoms with Gasteiger partial charge in [-0.05, 0) is 30.5 Å². The topological polar surface area (TPSA) is 42.7 Å². The summed E-state index contributed by atoms with van der Waals surface area (Å²) in [7, 11) is 0. The minimum Gasteiger partial charge on any atom is -0.353 e. The van der Waals surface area contributed by atoms with Crippen LogP contribution in [0.2, 0.25) is 0 Å². The lowest BCUT2D eigenvalue weighted by atomic mass is 10.3. The highest BCUT2D eigenvalue weighted by Gasteiger charge is 2.22. The molecule has 0 bridgehead atoms. The normalized spacial score (nSPS) is 15.0. The SMILES string of the molecule is c1cc(Cn2ccnc2NC2CC2)ccn1. The van der Waals surface area contributed by atoms with Crippen molar-refractivity contribution in [1.82, 2.24) is 14.5 Å². The van der Waals surface area contributed by atoms with Crippen molar-refractivity contribution in [1.29, 1.82) is 0 Å². The number of nitrogens with zero attached hydrogens (tertiary/aromatic N) is 3. The Labute approximate surface area is 94.4 Å². The van der Waals surface area contributed by atoms with E-state index in [9.17, 15) is 0 Å². The molecule has 2 aromatic rings. The van der Waals surface area contributed by atoms with Gasteiger partial charge in [-0.15, -0.1) is 0 Å². The smallest absolute Gasteiger partial charge is 0.203 e. The Hall–Kier alpha value is -1.84. The quantitative estimate of drug-likeness (QED) is 0.845. The number of anilines is 1. The molecule has 2 aromatic heterocycles. The van der Waals surface area contributed by atoms with E-state index in [0.29, 0.717) is 6.04 Å². The molecule has 16 heavy (non-hydrogen) atoms. The van der Waals surface area contributed by atoms with Gasteiger partial charge in [-0.2, -0.15) is 0 Å². The molecule has 4 heteroatoms. The highest BCUT2D eigenvalue weighted by atomic mass is 15.2. The Morgan fingerprint density at radius 2 is 2.06 bits per heavy atom. The van der Waals surface area contributed by atoms with Crippen molar-refractivity contribution in [2.24, 2.45) is 0 Å². The zero-order valence-electron chi connectivity index (χ0n) is 9.00. The van der Waals surface area contributed by atoms with E-state index in [4.69, 9.17) is 0 Å². The van der Waals surface area contributed by atoms with Gasteiger partial charge in [0, 0.05) is 30.8 Å². The van der Waals surface area contributed by atoms with Gasteiger partial charge in [-0.1, -0.05) is 0 Å². The summed E-state index contributed by atoms with van der Waals surface area (Å²) in [4.78, 5) is 8.34. The predicted molar refractivity (Wildman–Crippen MR) is 62.2 cm³/mol. The molecule has 82 valence electrons. The van der Waals surface area contributed by atoms with Crippen LogP contribution in [-0.4, -0.2) is 20.6 Å². The summed E-state index contributed by atoms with van der Waals surface area (Å²) in [6.45, 7) is 0.845. The Morgan fingerprint density at radius 3 is 2.81 bits per heavy atom. The fourth-order valence-corrected chi connectivity index (χ4v) is 1.67. The first-order chi connectivity index (χ1) is 7.92. The van der Waals surface area contributed by atoms with Gasteiger partial charge in [-0.3, -0.25) is 4.98 Å². The lowest BCUT2D eigenvalue weighted by Crippen LogP contribution is -2.09. The van der Waals surface area contributed by atoms with E-state index in [1.807, 2.05) is 36.9 Å². The molecule has 3 rings (SSSR count). The molecule has 2 heterocycles. The third kappa shape index (κ3) is 2.05. The second-order valence-electron chi connectivity index (χ2n) is 4.15. The van der Waals surface area contributed by atoms with Crippen LogP contribution < -0.4 is 5.32 Å². The zero-order chi connectivity index (χ0) is 10.8. The molecule has 0 aromatic carbocycles. The molecule has 0 spiro atoms. The molecule has 0 atom stereocenters. The minimum absolute atomic E-state index is 0.638. The zero-order valence-corrected chi connectivity index (χ0v) is 9.00. The Bertz CT molecular complexity index is 459. The number of pyridine rings is 1. The van der Waals surface area contributed by atoms with E-state index in [1.165, 1.54) is 18.4 Å². The lowest BCUT2D eigenvalue weighted by Gasteiger charge is -2.08. The van der Waals surface area contributed by atoms with Crippen LogP contribution >= 0.6 is 0 Å². The second kappa shape index (κ2) is 3.96. The Morgan fingerprint density at radius 1 is 1.25 bits per heavy atom. The van der Waals surface area contributed by atoms with Gasteiger partial charge in [0.15, 0.2) is 0 Å². The van der Waals surface area contributed by atoms with Crippen LogP contribution in [0.15, 0.2) is 36.9 Å². The molecule has 1 aliphatic rings. The van der Waals surface area contributed by atoms with Crippen LogP contribution in [0.5, 0.6) is 0 Å². The molecule has 1 saturated carbocycles. The van der Waals surface area contributed by atoms with Crippen molar-refractivity contribution < 1.29 is 0 Å². The summed E-state index contributed by atoms with van der Waals surface area (Å²) >= 11 is 0. The third-order valence-corrected chi connectivity index (χ3v) is 2.73. The largest absolute Gasteiger partial charge is 0.353 e. The van der Waals surface area contributed by atoms with Crippen molar-refractivity contribution in [3.05, 3.63) is 42.5 Å². The maximum atomic E-state index is 4.33. The Balaban J connectivity index is 1.76. The predicted octanol–water partition coefficient (Wildman–Crippen LogP) is 1.90. The van der Waals surface area contributed by atoms with E-state index in [-0.39, 0.29) is 0 Å². The maximum absolute atomic E-state index is 4.33. The monoisotopic (exact) mass is 214 g/mol. The summed E-state index contributed by atoms with van der Waals surface area (Å²) in [6.07, 6.45) is 10.0. The van der Waals surface area contributed by atoms with Crippen LogP contribution in [0, 0.1) is 0 Å². The summed E-state index contributed by atoms with van der Waals surface area (Å²) in [5.41, 5.74) is 1.24. The van der Waals surface area contributed by atoms with Gasteiger partial charge < -0.3 is 9.88 Å². The number of rotatable bonds is 4. The minimum atomic E-state index is 0.638. The second-order valence-corrected chi connectivity index (χ2v) is 4.15. The van der Waals surface area contributed by atoms with Crippen molar-refractivity contribution >= 4 is 5.95 Å². The first-order valence-electron chi connectivity index (χ1n) is 5.58. The number of aromatic nitrogens is 3. The summed E-state index contributed by atoms with van der Waals surface area (Å²) < 4.78 is 2.13. The van der Waals surface area contributed by atoms with E-state index in [2.05, 4.69) is 19.9 Å². The van der Waals surface area contributed by atoms with Gasteiger partial charge >= 0.3 is 0 Å². The molecule has 1 N–H and O–H groups in total. The summed E-state index contributed by atoms with van der Waals surface area (Å²) in [5.74, 6) is 0.972. The molecule has 0 unspecified atom stereocenters. The van der Waals surface area contributed by atoms with Crippen LogP contribution in [0.4, 0.5) is 5.95 Å². The first kappa shape index (κ1) is 9.39. The number of imidazole rings is 1.